The van der Waals surface area contributed by atoms with Crippen molar-refractivity contribution in [3.05, 3.63) is 71.4 Å². The first kappa shape index (κ1) is 24.3. The molecule has 1 aliphatic heterocycles. The summed E-state index contributed by atoms with van der Waals surface area (Å²) in [5, 5.41) is -0.0424. The van der Waals surface area contributed by atoms with Crippen molar-refractivity contribution in [1.29, 1.82) is 0 Å². The summed E-state index contributed by atoms with van der Waals surface area (Å²) in [4.78, 5) is 24.9. The molecular formula is C24H22ClF3N4OS. The van der Waals surface area contributed by atoms with Crippen molar-refractivity contribution >= 4 is 35.0 Å². The highest BCUT2D eigenvalue weighted by Gasteiger charge is 2.34. The van der Waals surface area contributed by atoms with Crippen LogP contribution in [0.2, 0.25) is 5.02 Å². The zero-order valence-corrected chi connectivity index (χ0v) is 19.9. The van der Waals surface area contributed by atoms with Crippen LogP contribution >= 0.6 is 23.4 Å². The standard InChI is InChI=1S/C24H22ClF3N4OS/c1-16(22(33)32-13-11-31(12-14-32)19-9-7-18(25)8-10-19)34-23-29-20(17-5-3-2-4-6-17)15-21(30-23)24(26,27)28/h2-10,15-16H,11-14H2,1H3/t16-/m0/s1. The van der Waals surface area contributed by atoms with Gasteiger partial charge in [-0.15, -0.1) is 0 Å². The number of piperazine rings is 1. The van der Waals surface area contributed by atoms with E-state index in [1.807, 2.05) is 24.3 Å². The maximum absolute atomic E-state index is 13.5. The minimum absolute atomic E-state index is 0.0747. The topological polar surface area (TPSA) is 49.3 Å². The van der Waals surface area contributed by atoms with Crippen molar-refractivity contribution in [2.45, 2.75) is 23.5 Å². The maximum Gasteiger partial charge on any atom is 0.433 e. The molecule has 10 heteroatoms. The van der Waals surface area contributed by atoms with Crippen molar-refractivity contribution in [3.63, 3.8) is 0 Å². The van der Waals surface area contributed by atoms with Gasteiger partial charge in [-0.3, -0.25) is 4.79 Å². The Kier molecular flexibility index (Phi) is 7.33. The summed E-state index contributed by atoms with van der Waals surface area (Å²) in [6.07, 6.45) is -4.62. The van der Waals surface area contributed by atoms with Gasteiger partial charge in [-0.1, -0.05) is 53.7 Å². The number of hydrogen-bond donors (Lipinski definition) is 0. The molecule has 4 rings (SSSR count). The summed E-state index contributed by atoms with van der Waals surface area (Å²) < 4.78 is 40.4. The van der Waals surface area contributed by atoms with E-state index in [9.17, 15) is 18.0 Å². The smallest absolute Gasteiger partial charge is 0.368 e. The monoisotopic (exact) mass is 506 g/mol. The number of rotatable bonds is 5. The highest BCUT2D eigenvalue weighted by molar-refractivity contribution is 8.00. The summed E-state index contributed by atoms with van der Waals surface area (Å²) in [5.74, 6) is -0.150. The van der Waals surface area contributed by atoms with Crippen LogP contribution in [0.3, 0.4) is 0 Å². The van der Waals surface area contributed by atoms with E-state index in [1.165, 1.54) is 0 Å². The number of thioether (sulfide) groups is 1. The number of benzene rings is 2. The third-order valence-corrected chi connectivity index (χ3v) is 6.68. The average molecular weight is 507 g/mol. The van der Waals surface area contributed by atoms with E-state index in [4.69, 9.17) is 11.6 Å². The van der Waals surface area contributed by atoms with Crippen molar-refractivity contribution in [3.8, 4) is 11.3 Å². The second-order valence-electron chi connectivity index (χ2n) is 7.83. The molecule has 0 N–H and O–H groups in total. The quantitative estimate of drug-likeness (QED) is 0.331. The lowest BCUT2D eigenvalue weighted by atomic mass is 10.1. The Balaban J connectivity index is 1.45. The largest absolute Gasteiger partial charge is 0.433 e. The fraction of sp³-hybridized carbons (Fsp3) is 0.292. The van der Waals surface area contributed by atoms with E-state index in [-0.39, 0.29) is 16.8 Å². The molecule has 34 heavy (non-hydrogen) atoms. The van der Waals surface area contributed by atoms with Crippen LogP contribution in [-0.4, -0.2) is 52.2 Å². The summed E-state index contributed by atoms with van der Waals surface area (Å²) >= 11 is 6.89. The van der Waals surface area contributed by atoms with Crippen LogP contribution in [0.25, 0.3) is 11.3 Å². The van der Waals surface area contributed by atoms with Gasteiger partial charge in [0.05, 0.1) is 10.9 Å². The highest BCUT2D eigenvalue weighted by atomic mass is 35.5. The SMILES string of the molecule is C[C@H](Sc1nc(-c2ccccc2)cc(C(F)(F)F)n1)C(=O)N1CCN(c2ccc(Cl)cc2)CC1. The Hall–Kier alpha value is -2.78. The normalized spacial score (nSPS) is 15.3. The predicted molar refractivity (Wildman–Crippen MR) is 128 cm³/mol. The number of halogens is 4. The Bertz CT molecular complexity index is 1140. The Morgan fingerprint density at radius 1 is 1.00 bits per heavy atom. The zero-order valence-electron chi connectivity index (χ0n) is 18.3. The van der Waals surface area contributed by atoms with Gasteiger partial charge in [-0.05, 0) is 37.3 Å². The summed E-state index contributed by atoms with van der Waals surface area (Å²) in [5.41, 5.74) is 0.723. The minimum atomic E-state index is -4.62. The molecule has 1 aromatic heterocycles. The molecule has 0 bridgehead atoms. The number of amides is 1. The lowest BCUT2D eigenvalue weighted by Gasteiger charge is -2.37. The number of hydrogen-bond acceptors (Lipinski definition) is 5. The van der Waals surface area contributed by atoms with Gasteiger partial charge >= 0.3 is 6.18 Å². The van der Waals surface area contributed by atoms with Crippen LogP contribution in [-0.2, 0) is 11.0 Å². The molecule has 0 aliphatic carbocycles. The van der Waals surface area contributed by atoms with Crippen molar-refractivity contribution in [2.75, 3.05) is 31.1 Å². The molecule has 1 saturated heterocycles. The van der Waals surface area contributed by atoms with Crippen LogP contribution in [0.4, 0.5) is 18.9 Å². The third kappa shape index (κ3) is 5.82. The molecular weight excluding hydrogens is 485 g/mol. The second-order valence-corrected chi connectivity index (χ2v) is 9.58. The van der Waals surface area contributed by atoms with Crippen molar-refractivity contribution in [1.82, 2.24) is 14.9 Å². The molecule has 1 aliphatic rings. The number of carbonyl (C=O) groups excluding carboxylic acids is 1. The predicted octanol–water partition coefficient (Wildman–Crippen LogP) is 5.65. The Morgan fingerprint density at radius 2 is 1.65 bits per heavy atom. The van der Waals surface area contributed by atoms with Gasteiger partial charge in [0.15, 0.2) is 5.16 Å². The molecule has 0 spiro atoms. The molecule has 178 valence electrons. The second kappa shape index (κ2) is 10.2. The summed E-state index contributed by atoms with van der Waals surface area (Å²) in [6.45, 7) is 4.02. The Morgan fingerprint density at radius 3 is 2.26 bits per heavy atom. The molecule has 2 aromatic carbocycles. The fourth-order valence-electron chi connectivity index (χ4n) is 3.68. The first-order valence-electron chi connectivity index (χ1n) is 10.7. The van der Waals surface area contributed by atoms with Crippen molar-refractivity contribution < 1.29 is 18.0 Å². The lowest BCUT2D eigenvalue weighted by molar-refractivity contribution is -0.141. The van der Waals surface area contributed by atoms with Gasteiger partial charge in [-0.25, -0.2) is 9.97 Å². The van der Waals surface area contributed by atoms with Crippen LogP contribution in [0, 0.1) is 0 Å². The number of aromatic nitrogens is 2. The maximum atomic E-state index is 13.5. The minimum Gasteiger partial charge on any atom is -0.368 e. The van der Waals surface area contributed by atoms with Gasteiger partial charge in [-0.2, -0.15) is 13.2 Å². The van der Waals surface area contributed by atoms with E-state index in [0.29, 0.717) is 36.8 Å². The molecule has 1 atom stereocenters. The molecule has 3 aromatic rings. The van der Waals surface area contributed by atoms with E-state index in [0.717, 1.165) is 23.5 Å². The van der Waals surface area contributed by atoms with Crippen molar-refractivity contribution in [2.24, 2.45) is 0 Å². The first-order valence-corrected chi connectivity index (χ1v) is 11.9. The van der Waals surface area contributed by atoms with Gasteiger partial charge in [0.25, 0.3) is 0 Å². The number of nitrogens with zero attached hydrogens (tertiary/aromatic N) is 4. The lowest BCUT2D eigenvalue weighted by Crippen LogP contribution is -2.50. The third-order valence-electron chi connectivity index (χ3n) is 5.48. The van der Waals surface area contributed by atoms with E-state index >= 15 is 0 Å². The van der Waals surface area contributed by atoms with E-state index < -0.39 is 17.1 Å². The highest BCUT2D eigenvalue weighted by Crippen LogP contribution is 2.33. The van der Waals surface area contributed by atoms with Crippen LogP contribution in [0.1, 0.15) is 12.6 Å². The van der Waals surface area contributed by atoms with Gasteiger partial charge in [0.1, 0.15) is 5.69 Å². The molecule has 2 heterocycles. The molecule has 1 amide bonds. The number of carbonyl (C=O) groups is 1. The number of anilines is 1. The molecule has 1 fully saturated rings. The van der Waals surface area contributed by atoms with Gasteiger partial charge in [0, 0.05) is 42.5 Å². The Labute approximate surface area is 205 Å². The number of alkyl halides is 3. The van der Waals surface area contributed by atoms with Gasteiger partial charge in [0.2, 0.25) is 5.91 Å². The van der Waals surface area contributed by atoms with Crippen LogP contribution in [0.15, 0.2) is 65.8 Å². The summed E-state index contributed by atoms with van der Waals surface area (Å²) in [6, 6.07) is 17.1. The molecule has 0 saturated carbocycles. The van der Waals surface area contributed by atoms with Crippen LogP contribution < -0.4 is 4.90 Å². The van der Waals surface area contributed by atoms with E-state index in [1.54, 1.807) is 42.2 Å². The molecule has 0 radical (unpaired) electrons. The molecule has 0 unspecified atom stereocenters. The summed E-state index contributed by atoms with van der Waals surface area (Å²) in [7, 11) is 0. The van der Waals surface area contributed by atoms with Crippen LogP contribution in [0.5, 0.6) is 0 Å². The van der Waals surface area contributed by atoms with Gasteiger partial charge < -0.3 is 9.80 Å². The average Bonchev–Trinajstić information content (AvgIpc) is 2.84. The molecule has 5 nitrogen and oxygen atoms in total. The van der Waals surface area contributed by atoms with E-state index in [2.05, 4.69) is 14.9 Å². The zero-order chi connectivity index (χ0) is 24.3. The first-order chi connectivity index (χ1) is 16.2. The fourth-order valence-corrected chi connectivity index (χ4v) is 4.68.